The molecule has 6 rings (SSSR count). The van der Waals surface area contributed by atoms with Crippen molar-refractivity contribution in [2.45, 2.75) is 53.4 Å². The number of fused-ring (bicyclic) bond motifs is 3. The van der Waals surface area contributed by atoms with Gasteiger partial charge in [0.05, 0.1) is 0 Å². The summed E-state index contributed by atoms with van der Waals surface area (Å²) in [6.07, 6.45) is 2.81. The molecule has 0 saturated heterocycles. The van der Waals surface area contributed by atoms with Crippen LogP contribution in [-0.4, -0.2) is 4.98 Å². The Labute approximate surface area is 218 Å². The van der Waals surface area contributed by atoms with E-state index in [0.29, 0.717) is 5.92 Å². The first-order valence-corrected chi connectivity index (χ1v) is 13.1. The summed E-state index contributed by atoms with van der Waals surface area (Å²) in [4.78, 5) is 4.82. The number of aromatic nitrogens is 1. The van der Waals surface area contributed by atoms with E-state index in [4.69, 9.17) is 13.8 Å². The fraction of sp³-hybridized carbons (Fsp3) is 0.265. The van der Waals surface area contributed by atoms with Gasteiger partial charge in [-0.05, 0) is 70.5 Å². The van der Waals surface area contributed by atoms with Crippen LogP contribution in [0.25, 0.3) is 55.3 Å². The topological polar surface area (TPSA) is 39.2 Å². The molecule has 0 aliphatic rings. The van der Waals surface area contributed by atoms with Crippen LogP contribution in [0.5, 0.6) is 0 Å². The maximum atomic E-state index is 6.63. The Balaban J connectivity index is 1.55. The van der Waals surface area contributed by atoms with Crippen molar-refractivity contribution in [1.29, 1.82) is 0 Å². The molecule has 6 aromatic rings. The van der Waals surface area contributed by atoms with Gasteiger partial charge >= 0.3 is 0 Å². The number of furan rings is 2. The Bertz CT molecular complexity index is 1780. The van der Waals surface area contributed by atoms with Crippen molar-refractivity contribution < 1.29 is 8.83 Å². The highest BCUT2D eigenvalue weighted by Crippen LogP contribution is 2.41. The van der Waals surface area contributed by atoms with Gasteiger partial charge in [-0.2, -0.15) is 0 Å². The van der Waals surface area contributed by atoms with Gasteiger partial charge in [-0.3, -0.25) is 4.98 Å². The second kappa shape index (κ2) is 8.62. The van der Waals surface area contributed by atoms with Crippen LogP contribution in [0.15, 0.2) is 81.8 Å². The zero-order valence-electron chi connectivity index (χ0n) is 22.5. The van der Waals surface area contributed by atoms with Crippen LogP contribution in [0, 0.1) is 12.8 Å². The number of benzene rings is 3. The lowest BCUT2D eigenvalue weighted by Crippen LogP contribution is -2.12. The van der Waals surface area contributed by atoms with E-state index in [-0.39, 0.29) is 5.41 Å². The summed E-state index contributed by atoms with van der Waals surface area (Å²) >= 11 is 0. The number of rotatable bonds is 4. The highest BCUT2D eigenvalue weighted by atomic mass is 16.3. The van der Waals surface area contributed by atoms with Crippen molar-refractivity contribution in [1.82, 2.24) is 4.98 Å². The van der Waals surface area contributed by atoms with E-state index >= 15 is 0 Å². The Kier molecular flexibility index (Phi) is 5.49. The predicted octanol–water partition coefficient (Wildman–Crippen LogP) is 9.87. The van der Waals surface area contributed by atoms with Crippen LogP contribution >= 0.6 is 0 Å². The average Bonchev–Trinajstić information content (AvgIpc) is 3.43. The number of hydrogen-bond donors (Lipinski definition) is 0. The summed E-state index contributed by atoms with van der Waals surface area (Å²) in [5.74, 6) is 2.43. The van der Waals surface area contributed by atoms with Crippen LogP contribution in [0.3, 0.4) is 0 Å². The molecular weight excluding hydrogens is 454 g/mol. The largest absolute Gasteiger partial charge is 0.461 e. The molecule has 0 saturated carbocycles. The SMILES string of the molecule is Cc1c(CC(C)C)oc2cccc(-c3cc4ccnc(-c5cc(C(C)(C)C)c6ccccc6c5)c4o3)c12. The number of nitrogens with zero attached hydrogens (tertiary/aromatic N) is 1. The van der Waals surface area contributed by atoms with Crippen molar-refractivity contribution in [3.8, 4) is 22.6 Å². The number of aryl methyl sites for hydroxylation is 1. The first kappa shape index (κ1) is 23.5. The minimum absolute atomic E-state index is 0.0000180. The summed E-state index contributed by atoms with van der Waals surface area (Å²) in [5.41, 5.74) is 7.24. The van der Waals surface area contributed by atoms with Gasteiger partial charge in [0, 0.05) is 34.5 Å². The Morgan fingerprint density at radius 2 is 1.68 bits per heavy atom. The smallest absolute Gasteiger partial charge is 0.161 e. The molecule has 3 heterocycles. The molecule has 0 unspecified atom stereocenters. The zero-order valence-corrected chi connectivity index (χ0v) is 22.5. The molecule has 0 atom stereocenters. The molecular formula is C34H33NO2. The number of pyridine rings is 1. The molecule has 3 aromatic heterocycles. The second-order valence-electron chi connectivity index (χ2n) is 11.6. The Hall–Kier alpha value is -3.85. The molecule has 186 valence electrons. The zero-order chi connectivity index (χ0) is 25.9. The summed E-state index contributed by atoms with van der Waals surface area (Å²) < 4.78 is 12.9. The third kappa shape index (κ3) is 4.03. The average molecular weight is 488 g/mol. The quantitative estimate of drug-likeness (QED) is 0.248. The molecule has 0 aliphatic carbocycles. The monoisotopic (exact) mass is 487 g/mol. The van der Waals surface area contributed by atoms with Crippen molar-refractivity contribution in [3.63, 3.8) is 0 Å². The molecule has 0 fully saturated rings. The van der Waals surface area contributed by atoms with Crippen molar-refractivity contribution >= 4 is 32.7 Å². The second-order valence-corrected chi connectivity index (χ2v) is 11.6. The van der Waals surface area contributed by atoms with E-state index in [1.54, 1.807) is 0 Å². The normalized spacial score (nSPS) is 12.4. The van der Waals surface area contributed by atoms with E-state index in [2.05, 4.69) is 96.1 Å². The summed E-state index contributed by atoms with van der Waals surface area (Å²) in [6.45, 7) is 13.4. The minimum Gasteiger partial charge on any atom is -0.461 e. The summed E-state index contributed by atoms with van der Waals surface area (Å²) in [7, 11) is 0. The summed E-state index contributed by atoms with van der Waals surface area (Å²) in [6, 6.07) is 23.5. The van der Waals surface area contributed by atoms with Crippen LogP contribution in [0.2, 0.25) is 0 Å². The molecule has 3 nitrogen and oxygen atoms in total. The summed E-state index contributed by atoms with van der Waals surface area (Å²) in [5, 5.41) is 4.68. The maximum absolute atomic E-state index is 6.63. The van der Waals surface area contributed by atoms with Gasteiger partial charge in [0.2, 0.25) is 0 Å². The van der Waals surface area contributed by atoms with Crippen molar-refractivity contribution in [3.05, 3.63) is 89.8 Å². The van der Waals surface area contributed by atoms with Gasteiger partial charge in [0.1, 0.15) is 22.8 Å². The molecule has 0 aliphatic heterocycles. The fourth-order valence-electron chi connectivity index (χ4n) is 5.49. The van der Waals surface area contributed by atoms with Crippen molar-refractivity contribution in [2.75, 3.05) is 0 Å². The lowest BCUT2D eigenvalue weighted by molar-refractivity contribution is 0.496. The van der Waals surface area contributed by atoms with Gasteiger partial charge in [-0.15, -0.1) is 0 Å². The minimum atomic E-state index is -0.0000180. The highest BCUT2D eigenvalue weighted by Gasteiger charge is 2.22. The van der Waals surface area contributed by atoms with E-state index in [9.17, 15) is 0 Å². The molecule has 3 aromatic carbocycles. The Morgan fingerprint density at radius 1 is 0.865 bits per heavy atom. The predicted molar refractivity (Wildman–Crippen MR) is 154 cm³/mol. The van der Waals surface area contributed by atoms with Crippen LogP contribution in [0.1, 0.15) is 51.5 Å². The molecule has 0 amide bonds. The highest BCUT2D eigenvalue weighted by molar-refractivity contribution is 6.01. The molecule has 0 N–H and O–H groups in total. The molecule has 37 heavy (non-hydrogen) atoms. The molecule has 0 bridgehead atoms. The molecule has 0 spiro atoms. The van der Waals surface area contributed by atoms with Crippen LogP contribution < -0.4 is 0 Å². The number of hydrogen-bond acceptors (Lipinski definition) is 3. The first-order valence-electron chi connectivity index (χ1n) is 13.1. The van der Waals surface area contributed by atoms with Crippen LogP contribution in [-0.2, 0) is 11.8 Å². The van der Waals surface area contributed by atoms with Gasteiger partial charge in [-0.1, -0.05) is 71.0 Å². The van der Waals surface area contributed by atoms with Gasteiger partial charge in [0.15, 0.2) is 5.58 Å². The van der Waals surface area contributed by atoms with E-state index in [1.807, 2.05) is 18.3 Å². The molecule has 0 radical (unpaired) electrons. The van der Waals surface area contributed by atoms with E-state index < -0.39 is 0 Å². The lowest BCUT2D eigenvalue weighted by atomic mass is 9.82. The lowest BCUT2D eigenvalue weighted by Gasteiger charge is -2.22. The van der Waals surface area contributed by atoms with Gasteiger partial charge in [0.25, 0.3) is 0 Å². The van der Waals surface area contributed by atoms with Gasteiger partial charge < -0.3 is 8.83 Å². The standard InChI is InChI=1S/C34H33NO2/c1-20(2)16-29-21(3)31-26(12-9-13-28(31)36-29)30-19-23-14-15-35-32(33(23)37-30)24-17-22-10-7-8-11-25(22)27(18-24)34(4,5)6/h7-15,17-20H,16H2,1-6H3. The van der Waals surface area contributed by atoms with Crippen molar-refractivity contribution in [2.24, 2.45) is 5.92 Å². The maximum Gasteiger partial charge on any atom is 0.161 e. The fourth-order valence-corrected chi connectivity index (χ4v) is 5.49. The van der Waals surface area contributed by atoms with Gasteiger partial charge in [-0.25, -0.2) is 0 Å². The molecule has 3 heteroatoms. The van der Waals surface area contributed by atoms with E-state index in [0.717, 1.165) is 56.7 Å². The third-order valence-corrected chi connectivity index (χ3v) is 7.29. The first-order chi connectivity index (χ1) is 17.7. The van der Waals surface area contributed by atoms with Crippen LogP contribution in [0.4, 0.5) is 0 Å². The Morgan fingerprint density at radius 3 is 2.46 bits per heavy atom. The van der Waals surface area contributed by atoms with E-state index in [1.165, 1.54) is 21.9 Å². The third-order valence-electron chi connectivity index (χ3n) is 7.29.